The van der Waals surface area contributed by atoms with Crippen molar-refractivity contribution < 1.29 is 52.5 Å². The van der Waals surface area contributed by atoms with Crippen LogP contribution in [0.2, 0.25) is 0 Å². The van der Waals surface area contributed by atoms with Crippen LogP contribution in [-0.4, -0.2) is 79.8 Å². The predicted molar refractivity (Wildman–Crippen MR) is 128 cm³/mol. The van der Waals surface area contributed by atoms with Gasteiger partial charge in [-0.25, -0.2) is 4.79 Å². The molecule has 0 spiro atoms. The van der Waals surface area contributed by atoms with Gasteiger partial charge < -0.3 is 34.3 Å². The van der Waals surface area contributed by atoms with Crippen molar-refractivity contribution in [3.63, 3.8) is 0 Å². The quantitative estimate of drug-likeness (QED) is 0.309. The van der Waals surface area contributed by atoms with Crippen molar-refractivity contribution in [1.29, 1.82) is 0 Å². The number of benzene rings is 1. The molecule has 206 valence electrons. The molecule has 2 rings (SSSR count). The molecule has 0 fully saturated rings. The lowest BCUT2D eigenvalue weighted by Crippen LogP contribution is -2.64. The molecular weight excluding hydrogens is 504 g/mol. The molecule has 2 N–H and O–H groups in total. The van der Waals surface area contributed by atoms with Crippen molar-refractivity contribution in [3.05, 3.63) is 47.7 Å². The van der Waals surface area contributed by atoms with Crippen molar-refractivity contribution in [2.75, 3.05) is 13.7 Å². The molecule has 0 bridgehead atoms. The second-order valence-electron chi connectivity index (χ2n) is 8.22. The van der Waals surface area contributed by atoms with E-state index in [1.54, 1.807) is 30.3 Å². The summed E-state index contributed by atoms with van der Waals surface area (Å²) in [4.78, 5) is 73.1. The summed E-state index contributed by atoms with van der Waals surface area (Å²) in [6, 6.07) is 5.89. The Balaban J connectivity index is 2.60. The molecule has 0 radical (unpaired) electrons. The Morgan fingerprint density at radius 2 is 1.53 bits per heavy atom. The van der Waals surface area contributed by atoms with Crippen molar-refractivity contribution in [3.8, 4) is 0 Å². The van der Waals surface area contributed by atoms with Gasteiger partial charge in [-0.05, 0) is 18.2 Å². The number of nitrogens with one attached hydrogen (secondary N) is 2. The SMILES string of the molecule is COC(=O)C1=C[C@H](NC(=O)c2ccccc2)[C@@H](NC(C)=O)[C@H]([C@H](OC(C)=O)[C@@H](COC(C)=O)OC(C)=O)O1. The first-order valence-electron chi connectivity index (χ1n) is 11.5. The maximum absolute atomic E-state index is 13.0. The molecule has 1 aromatic carbocycles. The monoisotopic (exact) mass is 534 g/mol. The summed E-state index contributed by atoms with van der Waals surface area (Å²) in [6.07, 6.45) is -3.12. The average Bonchev–Trinajstić information content (AvgIpc) is 2.85. The number of esters is 4. The van der Waals surface area contributed by atoms with E-state index in [0.29, 0.717) is 0 Å². The number of rotatable bonds is 10. The van der Waals surface area contributed by atoms with E-state index in [0.717, 1.165) is 27.9 Å². The van der Waals surface area contributed by atoms with Crippen molar-refractivity contribution in [1.82, 2.24) is 10.6 Å². The molecule has 0 aromatic heterocycles. The standard InChI is InChI=1S/C25H30N2O11/c1-13(28)26-21-18(27-24(32)17-9-7-6-8-10-17)11-19(25(33)34-5)38-23(21)22(37-16(4)31)20(36-15(3)30)12-35-14(2)29/h6-11,18,20-23H,12H2,1-5H3,(H,26,28)(H,27,32)/t18-,20+,21+,22+,23+/m0/s1. The Morgan fingerprint density at radius 1 is 0.895 bits per heavy atom. The maximum Gasteiger partial charge on any atom is 0.373 e. The van der Waals surface area contributed by atoms with Gasteiger partial charge in [0.25, 0.3) is 5.91 Å². The molecule has 0 saturated carbocycles. The van der Waals surface area contributed by atoms with E-state index < -0.39 is 72.7 Å². The van der Waals surface area contributed by atoms with Crippen LogP contribution >= 0.6 is 0 Å². The van der Waals surface area contributed by atoms with E-state index in [1.165, 1.54) is 13.0 Å². The average molecular weight is 535 g/mol. The van der Waals surface area contributed by atoms with Crippen LogP contribution in [0, 0.1) is 0 Å². The first-order valence-corrected chi connectivity index (χ1v) is 11.5. The number of hydrogen-bond acceptors (Lipinski definition) is 11. The minimum Gasteiger partial charge on any atom is -0.477 e. The summed E-state index contributed by atoms with van der Waals surface area (Å²) in [5.74, 6) is -4.75. The fraction of sp³-hybridized carbons (Fsp3) is 0.440. The highest BCUT2D eigenvalue weighted by atomic mass is 16.6. The van der Waals surface area contributed by atoms with Crippen molar-refractivity contribution in [2.45, 2.75) is 58.1 Å². The van der Waals surface area contributed by atoms with Crippen LogP contribution in [0.3, 0.4) is 0 Å². The molecule has 1 aromatic rings. The van der Waals surface area contributed by atoms with E-state index in [4.69, 9.17) is 23.7 Å². The summed E-state index contributed by atoms with van der Waals surface area (Å²) in [5, 5.41) is 5.34. The van der Waals surface area contributed by atoms with Crippen LogP contribution in [0.5, 0.6) is 0 Å². The van der Waals surface area contributed by atoms with E-state index in [9.17, 15) is 28.8 Å². The molecule has 0 saturated heterocycles. The van der Waals surface area contributed by atoms with Crippen LogP contribution in [0.15, 0.2) is 42.2 Å². The first kappa shape index (κ1) is 29.8. The predicted octanol–water partition coefficient (Wildman–Crippen LogP) is 0.172. The molecule has 13 nitrogen and oxygen atoms in total. The Labute approximate surface area is 218 Å². The summed E-state index contributed by atoms with van der Waals surface area (Å²) in [5.41, 5.74) is 0.286. The van der Waals surface area contributed by atoms with Gasteiger partial charge in [0.2, 0.25) is 11.7 Å². The Kier molecular flexibility index (Phi) is 10.8. The van der Waals surface area contributed by atoms with Gasteiger partial charge in [0.1, 0.15) is 6.61 Å². The zero-order chi connectivity index (χ0) is 28.4. The van der Waals surface area contributed by atoms with E-state index in [1.807, 2.05) is 0 Å². The van der Waals surface area contributed by atoms with Gasteiger partial charge in [0, 0.05) is 33.3 Å². The van der Waals surface area contributed by atoms with Crippen molar-refractivity contribution >= 4 is 35.7 Å². The lowest BCUT2D eigenvalue weighted by molar-refractivity contribution is -0.188. The third-order valence-electron chi connectivity index (χ3n) is 5.19. The normalized spacial score (nSPS) is 19.8. The summed E-state index contributed by atoms with van der Waals surface area (Å²) in [6.45, 7) is 3.94. The molecule has 2 amide bonds. The number of carbonyl (C=O) groups excluding carboxylic acids is 6. The largest absolute Gasteiger partial charge is 0.477 e. The third-order valence-corrected chi connectivity index (χ3v) is 5.19. The Bertz CT molecular complexity index is 1090. The van der Waals surface area contributed by atoms with Gasteiger partial charge in [-0.2, -0.15) is 0 Å². The topological polar surface area (TPSA) is 173 Å². The lowest BCUT2D eigenvalue weighted by Gasteiger charge is -2.42. The molecule has 1 heterocycles. The molecule has 13 heteroatoms. The molecule has 5 atom stereocenters. The van der Waals surface area contributed by atoms with Gasteiger partial charge in [0.15, 0.2) is 18.3 Å². The minimum absolute atomic E-state index is 0.286. The minimum atomic E-state index is -1.52. The highest BCUT2D eigenvalue weighted by Gasteiger charge is 2.48. The number of carbonyl (C=O) groups is 6. The maximum atomic E-state index is 13.0. The fourth-order valence-electron chi connectivity index (χ4n) is 3.74. The van der Waals surface area contributed by atoms with Gasteiger partial charge in [-0.15, -0.1) is 0 Å². The molecule has 0 aliphatic carbocycles. The Hall–Kier alpha value is -4.42. The third kappa shape index (κ3) is 8.61. The van der Waals surface area contributed by atoms with E-state index >= 15 is 0 Å². The van der Waals surface area contributed by atoms with Crippen LogP contribution in [0.25, 0.3) is 0 Å². The lowest BCUT2D eigenvalue weighted by atomic mass is 9.91. The first-order chi connectivity index (χ1) is 17.9. The highest BCUT2D eigenvalue weighted by molar-refractivity contribution is 5.95. The number of methoxy groups -OCH3 is 1. The summed E-state index contributed by atoms with van der Waals surface area (Å²) < 4.78 is 26.3. The zero-order valence-corrected chi connectivity index (χ0v) is 21.5. The molecule has 38 heavy (non-hydrogen) atoms. The summed E-state index contributed by atoms with van der Waals surface area (Å²) >= 11 is 0. The van der Waals surface area contributed by atoms with Gasteiger partial charge >= 0.3 is 23.9 Å². The Morgan fingerprint density at radius 3 is 2.05 bits per heavy atom. The smallest absolute Gasteiger partial charge is 0.373 e. The van der Waals surface area contributed by atoms with Gasteiger partial charge in [0.05, 0.1) is 19.2 Å². The van der Waals surface area contributed by atoms with Crippen LogP contribution in [0.4, 0.5) is 0 Å². The van der Waals surface area contributed by atoms with Crippen LogP contribution < -0.4 is 10.6 Å². The molecule has 1 aliphatic rings. The van der Waals surface area contributed by atoms with Crippen LogP contribution in [0.1, 0.15) is 38.1 Å². The zero-order valence-electron chi connectivity index (χ0n) is 21.5. The number of ether oxygens (including phenoxy) is 5. The van der Waals surface area contributed by atoms with E-state index in [-0.39, 0.29) is 11.3 Å². The number of hydrogen-bond donors (Lipinski definition) is 2. The summed E-state index contributed by atoms with van der Waals surface area (Å²) in [7, 11) is 1.10. The van der Waals surface area contributed by atoms with Crippen LogP contribution in [-0.2, 0) is 47.7 Å². The molecule has 0 unspecified atom stereocenters. The van der Waals surface area contributed by atoms with Gasteiger partial charge in [-0.1, -0.05) is 18.2 Å². The fourth-order valence-corrected chi connectivity index (χ4v) is 3.74. The highest BCUT2D eigenvalue weighted by Crippen LogP contribution is 2.27. The van der Waals surface area contributed by atoms with E-state index in [2.05, 4.69) is 10.6 Å². The second kappa shape index (κ2) is 13.8. The second-order valence-corrected chi connectivity index (χ2v) is 8.22. The molecule has 1 aliphatic heterocycles. The van der Waals surface area contributed by atoms with Gasteiger partial charge in [-0.3, -0.25) is 24.0 Å². The molecular formula is C25H30N2O11. The van der Waals surface area contributed by atoms with Crippen molar-refractivity contribution in [2.24, 2.45) is 0 Å². The number of amides is 2.